The van der Waals surface area contributed by atoms with Gasteiger partial charge in [0.1, 0.15) is 11.5 Å². The molecule has 0 radical (unpaired) electrons. The van der Waals surface area contributed by atoms with Gasteiger partial charge in [0.05, 0.1) is 17.9 Å². The van der Waals surface area contributed by atoms with Crippen LogP contribution in [0.25, 0.3) is 0 Å². The maximum atomic E-state index is 12.9. The van der Waals surface area contributed by atoms with Gasteiger partial charge in [-0.05, 0) is 42.7 Å². The molecule has 1 fully saturated rings. The molecule has 1 aliphatic rings. The molecule has 1 N–H and O–H groups in total. The Bertz CT molecular complexity index is 1160. The number of hydrogen-bond acceptors (Lipinski definition) is 7. The molecule has 0 unspecified atom stereocenters. The molecule has 1 atom stereocenters. The molecule has 156 valence electrons. The van der Waals surface area contributed by atoms with Crippen molar-refractivity contribution >= 4 is 28.2 Å². The molecule has 0 bridgehead atoms. The topological polar surface area (TPSA) is 88.8 Å². The van der Waals surface area contributed by atoms with Crippen LogP contribution in [-0.4, -0.2) is 37.0 Å². The second-order valence-electron chi connectivity index (χ2n) is 7.32. The molecule has 1 aliphatic heterocycles. The zero-order chi connectivity index (χ0) is 21.0. The summed E-state index contributed by atoms with van der Waals surface area (Å²) < 4.78 is 1.92. The predicted octanol–water partition coefficient (Wildman–Crippen LogP) is 3.77. The van der Waals surface area contributed by atoms with Crippen molar-refractivity contribution in [2.45, 2.75) is 25.4 Å². The molecule has 5 heterocycles. The van der Waals surface area contributed by atoms with Crippen molar-refractivity contribution in [3.05, 3.63) is 83.8 Å². The molecule has 4 aromatic rings. The summed E-state index contributed by atoms with van der Waals surface area (Å²) in [5, 5.41) is 5.58. The van der Waals surface area contributed by atoms with Gasteiger partial charge in [-0.15, -0.1) is 11.3 Å². The van der Waals surface area contributed by atoms with E-state index in [4.69, 9.17) is 4.98 Å². The van der Waals surface area contributed by atoms with E-state index in [1.807, 2.05) is 40.4 Å². The van der Waals surface area contributed by atoms with Gasteiger partial charge in [0, 0.05) is 49.5 Å². The van der Waals surface area contributed by atoms with Crippen LogP contribution < -0.4 is 10.2 Å². The van der Waals surface area contributed by atoms with Gasteiger partial charge in [-0.1, -0.05) is 0 Å². The molecule has 1 saturated heterocycles. The number of nitrogens with one attached hydrogen (secondary N) is 1. The minimum atomic E-state index is -0.169. The number of amides is 1. The van der Waals surface area contributed by atoms with Gasteiger partial charge < -0.3 is 9.47 Å². The fraction of sp³-hybridized carbons (Fsp3) is 0.227. The summed E-state index contributed by atoms with van der Waals surface area (Å²) in [6, 6.07) is 7.73. The molecule has 0 saturated carbocycles. The molecule has 9 heteroatoms. The fourth-order valence-electron chi connectivity index (χ4n) is 3.89. The summed E-state index contributed by atoms with van der Waals surface area (Å²) in [6.07, 6.45) is 12.6. The Balaban J connectivity index is 1.29. The van der Waals surface area contributed by atoms with Crippen LogP contribution in [0, 0.1) is 0 Å². The summed E-state index contributed by atoms with van der Waals surface area (Å²) in [6.45, 7) is 1.53. The standard InChI is InChI=1S/C22H21N7OS/c30-21(19-4-1-11-28(19)14-16-5-7-23-8-6-16)27-22-26-17(15-31-22)18-3-2-12-29(18)20-13-24-9-10-25-20/h1,4-11,13,15,18H,2-3,12,14H2,(H,26,27,30)/t18-/m1/s1. The summed E-state index contributed by atoms with van der Waals surface area (Å²) in [7, 11) is 0. The molecule has 0 spiro atoms. The van der Waals surface area contributed by atoms with Crippen LogP contribution in [-0.2, 0) is 6.54 Å². The van der Waals surface area contributed by atoms with E-state index in [1.165, 1.54) is 11.3 Å². The Hall–Kier alpha value is -3.59. The molecular weight excluding hydrogens is 410 g/mol. The molecule has 4 aromatic heterocycles. The van der Waals surface area contributed by atoms with E-state index in [0.717, 1.165) is 36.5 Å². The summed E-state index contributed by atoms with van der Waals surface area (Å²) in [5.41, 5.74) is 2.63. The lowest BCUT2D eigenvalue weighted by atomic mass is 10.2. The summed E-state index contributed by atoms with van der Waals surface area (Å²) >= 11 is 1.45. The number of anilines is 2. The van der Waals surface area contributed by atoms with Crippen molar-refractivity contribution in [3.63, 3.8) is 0 Å². The predicted molar refractivity (Wildman–Crippen MR) is 119 cm³/mol. The van der Waals surface area contributed by atoms with Crippen LogP contribution in [0.2, 0.25) is 0 Å². The van der Waals surface area contributed by atoms with Crippen LogP contribution in [0.1, 0.15) is 40.6 Å². The summed E-state index contributed by atoms with van der Waals surface area (Å²) in [5.74, 6) is 0.690. The largest absolute Gasteiger partial charge is 0.347 e. The van der Waals surface area contributed by atoms with Crippen LogP contribution in [0.15, 0.2) is 66.8 Å². The number of aromatic nitrogens is 5. The lowest BCUT2D eigenvalue weighted by Gasteiger charge is -2.23. The fourth-order valence-corrected chi connectivity index (χ4v) is 4.64. The molecule has 8 nitrogen and oxygen atoms in total. The summed E-state index contributed by atoms with van der Waals surface area (Å²) in [4.78, 5) is 32.5. The van der Waals surface area contributed by atoms with Gasteiger partial charge in [0.15, 0.2) is 5.13 Å². The number of rotatable bonds is 6. The number of carbonyl (C=O) groups excluding carboxylic acids is 1. The minimum Gasteiger partial charge on any atom is -0.347 e. The third-order valence-corrected chi connectivity index (χ3v) is 6.12. The smallest absolute Gasteiger partial charge is 0.274 e. The lowest BCUT2D eigenvalue weighted by Crippen LogP contribution is -2.24. The second-order valence-corrected chi connectivity index (χ2v) is 8.18. The van der Waals surface area contributed by atoms with Crippen LogP contribution in [0.3, 0.4) is 0 Å². The van der Waals surface area contributed by atoms with Crippen molar-refractivity contribution < 1.29 is 4.79 Å². The van der Waals surface area contributed by atoms with Crippen molar-refractivity contribution in [3.8, 4) is 0 Å². The van der Waals surface area contributed by atoms with Gasteiger partial charge in [-0.3, -0.25) is 20.1 Å². The molecular formula is C22H21N7OS. The first kappa shape index (κ1) is 19.4. The average molecular weight is 432 g/mol. The first-order chi connectivity index (χ1) is 15.3. The van der Waals surface area contributed by atoms with E-state index < -0.39 is 0 Å². The SMILES string of the molecule is O=C(Nc1nc([C@H]2CCCN2c2cnccn2)cs1)c1cccn1Cc1ccncc1. The first-order valence-electron chi connectivity index (χ1n) is 10.1. The zero-order valence-corrected chi connectivity index (χ0v) is 17.6. The van der Waals surface area contributed by atoms with Crippen molar-refractivity contribution in [1.82, 2.24) is 24.5 Å². The maximum Gasteiger partial charge on any atom is 0.274 e. The third-order valence-electron chi connectivity index (χ3n) is 5.34. The third kappa shape index (κ3) is 4.17. The second kappa shape index (κ2) is 8.65. The van der Waals surface area contributed by atoms with E-state index in [-0.39, 0.29) is 11.9 Å². The number of hydrogen-bond donors (Lipinski definition) is 1. The molecule has 31 heavy (non-hydrogen) atoms. The van der Waals surface area contributed by atoms with Gasteiger partial charge in [-0.2, -0.15) is 0 Å². The average Bonchev–Trinajstić information content (AvgIpc) is 3.56. The molecule has 1 amide bonds. The first-order valence-corrected chi connectivity index (χ1v) is 11.0. The van der Waals surface area contributed by atoms with Crippen molar-refractivity contribution in [2.75, 3.05) is 16.8 Å². The van der Waals surface area contributed by atoms with E-state index in [9.17, 15) is 4.79 Å². The van der Waals surface area contributed by atoms with Crippen LogP contribution in [0.4, 0.5) is 10.9 Å². The monoisotopic (exact) mass is 431 g/mol. The van der Waals surface area contributed by atoms with Crippen LogP contribution >= 0.6 is 11.3 Å². The number of carbonyl (C=O) groups is 1. The van der Waals surface area contributed by atoms with Gasteiger partial charge >= 0.3 is 0 Å². The highest BCUT2D eigenvalue weighted by Gasteiger charge is 2.29. The van der Waals surface area contributed by atoms with E-state index in [1.54, 1.807) is 31.0 Å². The lowest BCUT2D eigenvalue weighted by molar-refractivity contribution is 0.101. The van der Waals surface area contributed by atoms with Crippen LogP contribution in [0.5, 0.6) is 0 Å². The molecule has 5 rings (SSSR count). The Morgan fingerprint density at radius 3 is 2.90 bits per heavy atom. The highest BCUT2D eigenvalue weighted by atomic mass is 32.1. The Labute approximate surface area is 183 Å². The van der Waals surface area contributed by atoms with Crippen molar-refractivity contribution in [1.29, 1.82) is 0 Å². The van der Waals surface area contributed by atoms with Gasteiger partial charge in [-0.25, -0.2) is 9.97 Å². The minimum absolute atomic E-state index is 0.147. The maximum absolute atomic E-state index is 12.9. The van der Waals surface area contributed by atoms with Crippen molar-refractivity contribution in [2.24, 2.45) is 0 Å². The highest BCUT2D eigenvalue weighted by molar-refractivity contribution is 7.14. The highest BCUT2D eigenvalue weighted by Crippen LogP contribution is 2.36. The Morgan fingerprint density at radius 2 is 2.06 bits per heavy atom. The Kier molecular flexibility index (Phi) is 5.40. The number of thiazole rings is 1. The van der Waals surface area contributed by atoms with E-state index in [0.29, 0.717) is 17.4 Å². The Morgan fingerprint density at radius 1 is 1.16 bits per heavy atom. The quantitative estimate of drug-likeness (QED) is 0.500. The van der Waals surface area contributed by atoms with Gasteiger partial charge in [0.25, 0.3) is 5.91 Å². The molecule has 0 aromatic carbocycles. The van der Waals surface area contributed by atoms with Gasteiger partial charge in [0.2, 0.25) is 0 Å². The normalized spacial score (nSPS) is 15.9. The number of nitrogens with zero attached hydrogens (tertiary/aromatic N) is 6. The zero-order valence-electron chi connectivity index (χ0n) is 16.8. The molecule has 0 aliphatic carbocycles. The van der Waals surface area contributed by atoms with E-state index >= 15 is 0 Å². The van der Waals surface area contributed by atoms with E-state index in [2.05, 4.69) is 25.2 Å². The number of pyridine rings is 1.